The van der Waals surface area contributed by atoms with Gasteiger partial charge in [-0.25, -0.2) is 0 Å². The molecule has 1 N–H and O–H groups in total. The van der Waals surface area contributed by atoms with Gasteiger partial charge in [0.15, 0.2) is 0 Å². The van der Waals surface area contributed by atoms with Gasteiger partial charge in [-0.1, -0.05) is 58.0 Å². The average molecular weight is 418 g/mol. The molecular weight excluding hydrogens is 402 g/mol. The van der Waals surface area contributed by atoms with Crippen molar-refractivity contribution in [1.29, 1.82) is 0 Å². The van der Waals surface area contributed by atoms with Gasteiger partial charge in [0.2, 0.25) is 11.8 Å². The number of rotatable bonds is 6. The zero-order valence-corrected chi connectivity index (χ0v) is 15.9. The number of nitrogens with one attached hydrogen (secondary N) is 1. The molecule has 0 bridgehead atoms. The third-order valence-electron chi connectivity index (χ3n) is 3.44. The number of halogens is 1. The first-order valence-electron chi connectivity index (χ1n) is 7.65. The number of nitrogens with zero attached hydrogens (tertiary/aromatic N) is 2. The molecule has 3 aromatic rings. The van der Waals surface area contributed by atoms with Gasteiger partial charge in [0.1, 0.15) is 0 Å². The fourth-order valence-electron chi connectivity index (χ4n) is 2.22. The van der Waals surface area contributed by atoms with Crippen molar-refractivity contribution in [3.63, 3.8) is 0 Å². The van der Waals surface area contributed by atoms with Crippen molar-refractivity contribution >= 4 is 39.3 Å². The molecule has 0 saturated carbocycles. The third kappa shape index (κ3) is 5.17. The summed E-state index contributed by atoms with van der Waals surface area (Å²) >= 11 is 4.63. The van der Waals surface area contributed by atoms with E-state index in [0.29, 0.717) is 17.5 Å². The number of hydrogen-bond donors (Lipinski definition) is 1. The summed E-state index contributed by atoms with van der Waals surface area (Å²) in [5, 5.41) is 11.3. The molecule has 5 nitrogen and oxygen atoms in total. The highest BCUT2D eigenvalue weighted by molar-refractivity contribution is 9.10. The van der Waals surface area contributed by atoms with Crippen LogP contribution in [0.4, 0.5) is 5.69 Å². The normalized spacial score (nSPS) is 10.6. The van der Waals surface area contributed by atoms with Gasteiger partial charge in [0, 0.05) is 10.2 Å². The van der Waals surface area contributed by atoms with Crippen LogP contribution < -0.4 is 5.32 Å². The Labute approximate surface area is 158 Å². The molecular formula is C18H16BrN3O2S. The van der Waals surface area contributed by atoms with E-state index >= 15 is 0 Å². The molecule has 0 saturated heterocycles. The number of aryl methyl sites for hydroxylation is 1. The van der Waals surface area contributed by atoms with E-state index in [1.54, 1.807) is 0 Å². The molecule has 0 spiro atoms. The average Bonchev–Trinajstić information content (AvgIpc) is 3.04. The van der Waals surface area contributed by atoms with Crippen molar-refractivity contribution in [3.05, 3.63) is 70.0 Å². The van der Waals surface area contributed by atoms with Gasteiger partial charge in [0.25, 0.3) is 5.22 Å². The van der Waals surface area contributed by atoms with E-state index in [9.17, 15) is 4.79 Å². The molecule has 0 aliphatic heterocycles. The molecule has 0 aliphatic carbocycles. The van der Waals surface area contributed by atoms with Crippen molar-refractivity contribution in [2.45, 2.75) is 18.6 Å². The van der Waals surface area contributed by atoms with E-state index < -0.39 is 0 Å². The first-order valence-corrected chi connectivity index (χ1v) is 9.43. The molecule has 7 heteroatoms. The summed E-state index contributed by atoms with van der Waals surface area (Å²) in [4.78, 5) is 12.1. The van der Waals surface area contributed by atoms with Crippen LogP contribution in [0.15, 0.2) is 62.6 Å². The number of carbonyl (C=O) groups is 1. The number of benzene rings is 2. The first-order chi connectivity index (χ1) is 12.1. The Morgan fingerprint density at radius 2 is 2.00 bits per heavy atom. The van der Waals surface area contributed by atoms with Crippen LogP contribution in [0.25, 0.3) is 0 Å². The highest BCUT2D eigenvalue weighted by atomic mass is 79.9. The van der Waals surface area contributed by atoms with Gasteiger partial charge in [-0.2, -0.15) is 0 Å². The van der Waals surface area contributed by atoms with Crippen LogP contribution in [0, 0.1) is 6.92 Å². The fourth-order valence-corrected chi connectivity index (χ4v) is 3.28. The summed E-state index contributed by atoms with van der Waals surface area (Å²) < 4.78 is 6.56. The van der Waals surface area contributed by atoms with Crippen LogP contribution in [0.1, 0.15) is 17.0 Å². The lowest BCUT2D eigenvalue weighted by atomic mass is 10.2. The van der Waals surface area contributed by atoms with Gasteiger partial charge >= 0.3 is 0 Å². The molecule has 0 radical (unpaired) electrons. The van der Waals surface area contributed by atoms with Gasteiger partial charge in [-0.3, -0.25) is 4.79 Å². The summed E-state index contributed by atoms with van der Waals surface area (Å²) in [6.07, 6.45) is 0.582. The van der Waals surface area contributed by atoms with Crippen molar-refractivity contribution in [1.82, 2.24) is 10.2 Å². The first kappa shape index (κ1) is 17.7. The predicted octanol–water partition coefficient (Wildman–Crippen LogP) is 4.46. The van der Waals surface area contributed by atoms with Crippen LogP contribution >= 0.6 is 27.7 Å². The Bertz CT molecular complexity index is 868. The molecule has 3 rings (SSSR count). The molecule has 0 fully saturated rings. The molecule has 1 amide bonds. The smallest absolute Gasteiger partial charge is 0.277 e. The monoisotopic (exact) mass is 417 g/mol. The van der Waals surface area contributed by atoms with E-state index in [0.717, 1.165) is 21.3 Å². The Morgan fingerprint density at radius 1 is 1.20 bits per heavy atom. The van der Waals surface area contributed by atoms with Crippen LogP contribution in [0.3, 0.4) is 0 Å². The molecule has 0 aliphatic rings. The van der Waals surface area contributed by atoms with E-state index in [-0.39, 0.29) is 11.7 Å². The summed E-state index contributed by atoms with van der Waals surface area (Å²) in [6, 6.07) is 15.6. The van der Waals surface area contributed by atoms with Gasteiger partial charge in [-0.15, -0.1) is 10.2 Å². The highest BCUT2D eigenvalue weighted by Gasteiger charge is 2.11. The Kier molecular flexibility index (Phi) is 5.88. The minimum atomic E-state index is -0.113. The quantitative estimate of drug-likeness (QED) is 0.599. The van der Waals surface area contributed by atoms with Crippen molar-refractivity contribution in [3.8, 4) is 0 Å². The van der Waals surface area contributed by atoms with Crippen LogP contribution in [0.2, 0.25) is 0 Å². The number of hydrogen-bond acceptors (Lipinski definition) is 5. The number of aromatic nitrogens is 2. The maximum atomic E-state index is 12.1. The molecule has 1 heterocycles. The van der Waals surface area contributed by atoms with Crippen molar-refractivity contribution < 1.29 is 9.21 Å². The van der Waals surface area contributed by atoms with Gasteiger partial charge < -0.3 is 9.73 Å². The summed E-state index contributed by atoms with van der Waals surface area (Å²) in [5.41, 5.74) is 2.89. The molecule has 1 aromatic heterocycles. The zero-order valence-electron chi connectivity index (χ0n) is 13.5. The lowest BCUT2D eigenvalue weighted by Gasteiger charge is -2.07. The number of anilines is 1. The summed E-state index contributed by atoms with van der Waals surface area (Å²) in [6.45, 7) is 1.95. The maximum absolute atomic E-state index is 12.1. The van der Waals surface area contributed by atoms with Gasteiger partial charge in [0.05, 0.1) is 12.2 Å². The molecule has 0 atom stereocenters. The maximum Gasteiger partial charge on any atom is 0.277 e. The lowest BCUT2D eigenvalue weighted by molar-refractivity contribution is -0.113. The number of amides is 1. The van der Waals surface area contributed by atoms with E-state index in [2.05, 4.69) is 31.4 Å². The Balaban J connectivity index is 1.52. The largest absolute Gasteiger partial charge is 0.416 e. The zero-order chi connectivity index (χ0) is 17.6. The molecule has 0 unspecified atom stereocenters. The highest BCUT2D eigenvalue weighted by Crippen LogP contribution is 2.21. The van der Waals surface area contributed by atoms with E-state index in [1.807, 2.05) is 55.5 Å². The second-order valence-electron chi connectivity index (χ2n) is 5.42. The number of thioether (sulfide) groups is 1. The second kappa shape index (κ2) is 8.31. The summed E-state index contributed by atoms with van der Waals surface area (Å²) in [7, 11) is 0. The van der Waals surface area contributed by atoms with Crippen molar-refractivity contribution in [2.75, 3.05) is 11.1 Å². The fraction of sp³-hybridized carbons (Fsp3) is 0.167. The van der Waals surface area contributed by atoms with Crippen molar-refractivity contribution in [2.24, 2.45) is 0 Å². The SMILES string of the molecule is Cc1cc(Br)ccc1NC(=O)CSc1nnc(Cc2ccccc2)o1. The van der Waals surface area contributed by atoms with Crippen LogP contribution in [-0.2, 0) is 11.2 Å². The van der Waals surface area contributed by atoms with Crippen LogP contribution in [0.5, 0.6) is 0 Å². The topological polar surface area (TPSA) is 68.0 Å². The van der Waals surface area contributed by atoms with Crippen LogP contribution in [-0.4, -0.2) is 21.9 Å². The standard InChI is InChI=1S/C18H16BrN3O2S/c1-12-9-14(19)7-8-15(12)20-16(23)11-25-18-22-21-17(24-18)10-13-5-3-2-4-6-13/h2-9H,10-11H2,1H3,(H,20,23). The molecule has 2 aromatic carbocycles. The van der Waals surface area contributed by atoms with Gasteiger partial charge in [-0.05, 0) is 36.2 Å². The minimum Gasteiger partial charge on any atom is -0.416 e. The van der Waals surface area contributed by atoms with E-state index in [1.165, 1.54) is 11.8 Å². The third-order valence-corrected chi connectivity index (χ3v) is 4.75. The lowest BCUT2D eigenvalue weighted by Crippen LogP contribution is -2.14. The number of carbonyl (C=O) groups excluding carboxylic acids is 1. The predicted molar refractivity (Wildman–Crippen MR) is 102 cm³/mol. The van der Waals surface area contributed by atoms with E-state index in [4.69, 9.17) is 4.42 Å². The second-order valence-corrected chi connectivity index (χ2v) is 7.26. The minimum absolute atomic E-state index is 0.113. The molecule has 25 heavy (non-hydrogen) atoms. The molecule has 128 valence electrons. The Morgan fingerprint density at radius 3 is 2.76 bits per heavy atom. The summed E-state index contributed by atoms with van der Waals surface area (Å²) in [5.74, 6) is 0.638. The Hall–Kier alpha value is -2.12.